The van der Waals surface area contributed by atoms with E-state index in [9.17, 15) is 4.79 Å². The first kappa shape index (κ1) is 19.4. The van der Waals surface area contributed by atoms with Gasteiger partial charge in [0, 0.05) is 31.1 Å². The number of halogens is 2. The standard InChI is InChI=1S/C20H22Cl2N2OS/c21-18-8-5-16(11-19(18)22)13-26-14-20(25)23-12-15-3-6-17(7-4-15)24-9-1-2-10-24/h3-8,11H,1-2,9-10,12-14H2,(H,23,25). The van der Waals surface area contributed by atoms with Gasteiger partial charge in [-0.2, -0.15) is 0 Å². The summed E-state index contributed by atoms with van der Waals surface area (Å²) in [5.41, 5.74) is 3.46. The third-order valence-corrected chi connectivity index (χ3v) is 6.13. The molecule has 2 aromatic rings. The molecule has 1 saturated heterocycles. The second-order valence-corrected chi connectivity index (χ2v) is 8.18. The average Bonchev–Trinajstić information content (AvgIpc) is 3.18. The highest BCUT2D eigenvalue weighted by Crippen LogP contribution is 2.24. The Kier molecular flexibility index (Phi) is 7.12. The number of carbonyl (C=O) groups excluding carboxylic acids is 1. The first-order valence-corrected chi connectivity index (χ1v) is 10.6. The van der Waals surface area contributed by atoms with Crippen molar-refractivity contribution >= 4 is 46.6 Å². The van der Waals surface area contributed by atoms with Crippen LogP contribution in [0.3, 0.4) is 0 Å². The highest BCUT2D eigenvalue weighted by molar-refractivity contribution is 7.99. The third kappa shape index (κ3) is 5.57. The van der Waals surface area contributed by atoms with E-state index < -0.39 is 0 Å². The summed E-state index contributed by atoms with van der Waals surface area (Å²) in [4.78, 5) is 14.4. The fourth-order valence-corrected chi connectivity index (χ4v) is 4.07. The van der Waals surface area contributed by atoms with Gasteiger partial charge in [-0.1, -0.05) is 41.4 Å². The molecule has 1 fully saturated rings. The van der Waals surface area contributed by atoms with Gasteiger partial charge in [0.1, 0.15) is 0 Å². The van der Waals surface area contributed by atoms with Crippen LogP contribution in [-0.2, 0) is 17.1 Å². The van der Waals surface area contributed by atoms with Crippen molar-refractivity contribution in [3.05, 3.63) is 63.6 Å². The topological polar surface area (TPSA) is 32.3 Å². The van der Waals surface area contributed by atoms with Crippen molar-refractivity contribution in [3.8, 4) is 0 Å². The van der Waals surface area contributed by atoms with Crippen molar-refractivity contribution in [2.45, 2.75) is 25.1 Å². The fourth-order valence-electron chi connectivity index (χ4n) is 2.94. The van der Waals surface area contributed by atoms with Gasteiger partial charge in [0.25, 0.3) is 0 Å². The summed E-state index contributed by atoms with van der Waals surface area (Å²) in [6, 6.07) is 14.0. The molecular weight excluding hydrogens is 387 g/mol. The van der Waals surface area contributed by atoms with Gasteiger partial charge in [0.2, 0.25) is 5.91 Å². The first-order chi connectivity index (χ1) is 12.6. The molecule has 1 N–H and O–H groups in total. The largest absolute Gasteiger partial charge is 0.372 e. The molecule has 0 aromatic heterocycles. The smallest absolute Gasteiger partial charge is 0.230 e. The third-order valence-electron chi connectivity index (χ3n) is 4.38. The summed E-state index contributed by atoms with van der Waals surface area (Å²) >= 11 is 13.5. The molecule has 3 nitrogen and oxygen atoms in total. The van der Waals surface area contributed by atoms with Crippen LogP contribution in [-0.4, -0.2) is 24.7 Å². The molecule has 0 unspecified atom stereocenters. The van der Waals surface area contributed by atoms with Crippen molar-refractivity contribution in [3.63, 3.8) is 0 Å². The maximum absolute atomic E-state index is 12.0. The first-order valence-electron chi connectivity index (χ1n) is 8.74. The molecule has 1 aliphatic heterocycles. The highest BCUT2D eigenvalue weighted by atomic mass is 35.5. The Labute approximate surface area is 169 Å². The maximum atomic E-state index is 12.0. The van der Waals surface area contributed by atoms with Gasteiger partial charge >= 0.3 is 0 Å². The van der Waals surface area contributed by atoms with Gasteiger partial charge in [-0.05, 0) is 48.2 Å². The molecule has 0 spiro atoms. The number of hydrogen-bond acceptors (Lipinski definition) is 3. The second-order valence-electron chi connectivity index (χ2n) is 6.38. The van der Waals surface area contributed by atoms with Crippen LogP contribution in [0.15, 0.2) is 42.5 Å². The van der Waals surface area contributed by atoms with Gasteiger partial charge in [-0.15, -0.1) is 11.8 Å². The van der Waals surface area contributed by atoms with E-state index in [1.165, 1.54) is 18.5 Å². The van der Waals surface area contributed by atoms with Crippen LogP contribution in [0.5, 0.6) is 0 Å². The van der Waals surface area contributed by atoms with Crippen molar-refractivity contribution in [2.24, 2.45) is 0 Å². The van der Waals surface area contributed by atoms with E-state index >= 15 is 0 Å². The lowest BCUT2D eigenvalue weighted by atomic mass is 10.2. The van der Waals surface area contributed by atoms with Crippen LogP contribution >= 0.6 is 35.0 Å². The minimum absolute atomic E-state index is 0.0404. The Hall–Kier alpha value is -1.36. The summed E-state index contributed by atoms with van der Waals surface area (Å²) in [5, 5.41) is 4.07. The summed E-state index contributed by atoms with van der Waals surface area (Å²) in [6.45, 7) is 2.85. The molecule has 0 radical (unpaired) electrons. The number of carbonyl (C=O) groups is 1. The lowest BCUT2D eigenvalue weighted by Crippen LogP contribution is -2.24. The number of benzene rings is 2. The Morgan fingerprint density at radius 1 is 1.00 bits per heavy atom. The van der Waals surface area contributed by atoms with Gasteiger partial charge in [-0.3, -0.25) is 4.79 Å². The number of thioether (sulfide) groups is 1. The molecule has 1 aliphatic rings. The molecule has 0 bridgehead atoms. The van der Waals surface area contributed by atoms with E-state index in [-0.39, 0.29) is 5.91 Å². The van der Waals surface area contributed by atoms with Crippen LogP contribution in [0.1, 0.15) is 24.0 Å². The number of anilines is 1. The Balaban J connectivity index is 1.38. The van der Waals surface area contributed by atoms with E-state index in [1.807, 2.05) is 12.1 Å². The molecular formula is C20H22Cl2N2OS. The number of amides is 1. The quantitative estimate of drug-likeness (QED) is 0.687. The van der Waals surface area contributed by atoms with Gasteiger partial charge in [0.15, 0.2) is 0 Å². The van der Waals surface area contributed by atoms with Gasteiger partial charge in [-0.25, -0.2) is 0 Å². The predicted octanol–water partition coefficient (Wildman–Crippen LogP) is 5.14. The van der Waals surface area contributed by atoms with Crippen LogP contribution < -0.4 is 10.2 Å². The number of nitrogens with zero attached hydrogens (tertiary/aromatic N) is 1. The van der Waals surface area contributed by atoms with Crippen molar-refractivity contribution in [2.75, 3.05) is 23.7 Å². The van der Waals surface area contributed by atoms with E-state index in [1.54, 1.807) is 17.8 Å². The van der Waals surface area contributed by atoms with Crippen LogP contribution in [0.2, 0.25) is 10.0 Å². The molecule has 3 rings (SSSR count). The van der Waals surface area contributed by atoms with E-state index in [0.717, 1.165) is 30.0 Å². The number of nitrogens with one attached hydrogen (secondary N) is 1. The summed E-state index contributed by atoms with van der Waals surface area (Å²) in [5.74, 6) is 1.19. The van der Waals surface area contributed by atoms with Crippen molar-refractivity contribution in [1.82, 2.24) is 5.32 Å². The van der Waals surface area contributed by atoms with E-state index in [2.05, 4.69) is 34.5 Å². The zero-order valence-electron chi connectivity index (χ0n) is 14.5. The molecule has 0 saturated carbocycles. The summed E-state index contributed by atoms with van der Waals surface area (Å²) in [6.07, 6.45) is 2.55. The molecule has 1 heterocycles. The number of rotatable bonds is 7. The van der Waals surface area contributed by atoms with Crippen LogP contribution in [0.4, 0.5) is 5.69 Å². The zero-order valence-corrected chi connectivity index (χ0v) is 16.8. The number of hydrogen-bond donors (Lipinski definition) is 1. The molecule has 138 valence electrons. The summed E-state index contributed by atoms with van der Waals surface area (Å²) < 4.78 is 0. The molecule has 6 heteroatoms. The lowest BCUT2D eigenvalue weighted by Gasteiger charge is -2.17. The van der Waals surface area contributed by atoms with Crippen LogP contribution in [0, 0.1) is 0 Å². The molecule has 0 atom stereocenters. The molecule has 26 heavy (non-hydrogen) atoms. The van der Waals surface area contributed by atoms with Crippen molar-refractivity contribution < 1.29 is 4.79 Å². The van der Waals surface area contributed by atoms with E-state index in [0.29, 0.717) is 22.3 Å². The second kappa shape index (κ2) is 9.54. The Bertz CT molecular complexity index is 746. The molecule has 0 aliphatic carbocycles. The minimum Gasteiger partial charge on any atom is -0.372 e. The van der Waals surface area contributed by atoms with Gasteiger partial charge < -0.3 is 10.2 Å². The van der Waals surface area contributed by atoms with Crippen LogP contribution in [0.25, 0.3) is 0 Å². The average molecular weight is 409 g/mol. The SMILES string of the molecule is O=C(CSCc1ccc(Cl)c(Cl)c1)NCc1ccc(N2CCCC2)cc1. The Morgan fingerprint density at radius 2 is 1.69 bits per heavy atom. The van der Waals surface area contributed by atoms with E-state index in [4.69, 9.17) is 23.2 Å². The zero-order chi connectivity index (χ0) is 18.4. The molecule has 1 amide bonds. The predicted molar refractivity (Wildman–Crippen MR) is 112 cm³/mol. The molecule has 2 aromatic carbocycles. The summed E-state index contributed by atoms with van der Waals surface area (Å²) in [7, 11) is 0. The van der Waals surface area contributed by atoms with Gasteiger partial charge in [0.05, 0.1) is 15.8 Å². The monoisotopic (exact) mass is 408 g/mol. The normalized spacial score (nSPS) is 13.8. The lowest BCUT2D eigenvalue weighted by molar-refractivity contribution is -0.118. The maximum Gasteiger partial charge on any atom is 0.230 e. The fraction of sp³-hybridized carbons (Fsp3) is 0.350. The Morgan fingerprint density at radius 3 is 2.38 bits per heavy atom. The highest BCUT2D eigenvalue weighted by Gasteiger charge is 2.11. The van der Waals surface area contributed by atoms with Crippen molar-refractivity contribution in [1.29, 1.82) is 0 Å². The minimum atomic E-state index is 0.0404.